The number of pyridine rings is 1. The fourth-order valence-electron chi connectivity index (χ4n) is 3.62. The van der Waals surface area contributed by atoms with Gasteiger partial charge in [-0.1, -0.05) is 30.3 Å². The lowest BCUT2D eigenvalue weighted by Gasteiger charge is -2.25. The molecule has 1 amide bonds. The zero-order valence-corrected chi connectivity index (χ0v) is 18.5. The maximum Gasteiger partial charge on any atom is 0.413 e. The van der Waals surface area contributed by atoms with Gasteiger partial charge in [-0.3, -0.25) is 9.88 Å². The summed E-state index contributed by atoms with van der Waals surface area (Å²) in [5.41, 5.74) is 1.60. The Morgan fingerprint density at radius 3 is 2.26 bits per heavy atom. The summed E-state index contributed by atoms with van der Waals surface area (Å²) in [7, 11) is 3.11. The van der Waals surface area contributed by atoms with Crippen LogP contribution in [0.15, 0.2) is 79.0 Å². The molecule has 0 aliphatic heterocycles. The first-order chi connectivity index (χ1) is 16.5. The van der Waals surface area contributed by atoms with E-state index < -0.39 is 12.1 Å². The van der Waals surface area contributed by atoms with Crippen molar-refractivity contribution in [2.45, 2.75) is 6.04 Å². The van der Waals surface area contributed by atoms with E-state index in [1.807, 2.05) is 6.07 Å². The van der Waals surface area contributed by atoms with Crippen LogP contribution >= 0.6 is 0 Å². The molecule has 0 fully saturated rings. The molecule has 1 heterocycles. The normalized spacial score (nSPS) is 11.3. The molecule has 170 valence electrons. The average molecular weight is 455 g/mol. The third-order valence-corrected chi connectivity index (χ3v) is 5.25. The first-order valence-electron chi connectivity index (χ1n) is 10.3. The molecule has 4 aromatic rings. The van der Waals surface area contributed by atoms with E-state index in [1.165, 1.54) is 0 Å². The molecule has 0 bridgehead atoms. The lowest BCUT2D eigenvalue weighted by Crippen LogP contribution is -2.32. The van der Waals surface area contributed by atoms with Crippen LogP contribution in [-0.2, 0) is 0 Å². The number of nitrogens with zero attached hydrogens (tertiary/aromatic N) is 3. The van der Waals surface area contributed by atoms with Crippen LogP contribution in [0.3, 0.4) is 0 Å². The smallest absolute Gasteiger partial charge is 0.413 e. The molecule has 1 aromatic heterocycles. The molecule has 8 nitrogen and oxygen atoms in total. The Labute approximate surface area is 196 Å². The van der Waals surface area contributed by atoms with Crippen molar-refractivity contribution in [3.63, 3.8) is 0 Å². The maximum atomic E-state index is 12.0. The minimum Gasteiger partial charge on any atom is -0.493 e. The molecule has 8 heteroatoms. The van der Waals surface area contributed by atoms with Crippen molar-refractivity contribution >= 4 is 22.7 Å². The minimum absolute atomic E-state index is 0.348. The molecular weight excluding hydrogens is 434 g/mol. The summed E-state index contributed by atoms with van der Waals surface area (Å²) in [5, 5.41) is 20.2. The number of carboxylic acid groups (broad SMARTS) is 1. The number of ether oxygens (including phenoxy) is 3. The van der Waals surface area contributed by atoms with Crippen molar-refractivity contribution in [3.8, 4) is 29.1 Å². The number of anilines is 1. The van der Waals surface area contributed by atoms with Gasteiger partial charge in [0.1, 0.15) is 11.5 Å². The maximum absolute atomic E-state index is 12.0. The number of fused-ring (bicyclic) bond motifs is 1. The van der Waals surface area contributed by atoms with Crippen LogP contribution in [0.2, 0.25) is 0 Å². The topological polar surface area (TPSA) is 105 Å². The van der Waals surface area contributed by atoms with E-state index in [9.17, 15) is 15.2 Å². The van der Waals surface area contributed by atoms with Gasteiger partial charge in [0.2, 0.25) is 0 Å². The molecule has 0 spiro atoms. The Bertz CT molecular complexity index is 1350. The van der Waals surface area contributed by atoms with Gasteiger partial charge in [0.15, 0.2) is 17.5 Å². The molecule has 1 atom stereocenters. The second-order valence-corrected chi connectivity index (χ2v) is 7.22. The van der Waals surface area contributed by atoms with Crippen molar-refractivity contribution in [2.24, 2.45) is 0 Å². The summed E-state index contributed by atoms with van der Waals surface area (Å²) < 4.78 is 16.8. The highest BCUT2D eigenvalue weighted by atomic mass is 16.5. The molecule has 34 heavy (non-hydrogen) atoms. The summed E-state index contributed by atoms with van der Waals surface area (Å²) in [6.45, 7) is 0. The largest absolute Gasteiger partial charge is 0.493 e. The van der Waals surface area contributed by atoms with Crippen LogP contribution in [0.5, 0.6) is 23.0 Å². The molecule has 0 saturated carbocycles. The first-order valence-corrected chi connectivity index (χ1v) is 10.3. The van der Waals surface area contributed by atoms with Crippen molar-refractivity contribution in [1.82, 2.24) is 4.98 Å². The molecule has 3 aromatic carbocycles. The van der Waals surface area contributed by atoms with Crippen LogP contribution in [0.4, 0.5) is 10.5 Å². The fraction of sp³-hybridized carbons (Fsp3) is 0.115. The molecular formula is C26H21N3O5. The molecule has 0 aliphatic rings. The number of carbonyl (C=O) groups is 1. The van der Waals surface area contributed by atoms with Crippen LogP contribution in [0, 0.1) is 11.3 Å². The van der Waals surface area contributed by atoms with Crippen LogP contribution in [0.25, 0.3) is 10.9 Å². The minimum atomic E-state index is -1.23. The van der Waals surface area contributed by atoms with Gasteiger partial charge in [-0.15, -0.1) is 0 Å². The summed E-state index contributed by atoms with van der Waals surface area (Å²) >= 11 is 0. The SMILES string of the molecule is COc1cc2nccc(Oc3ccc(N(C(=O)O)C(C#N)c4ccccc4)cc3)c2cc1OC. The van der Waals surface area contributed by atoms with E-state index in [-0.39, 0.29) is 0 Å². The predicted molar refractivity (Wildman–Crippen MR) is 127 cm³/mol. The molecule has 0 aliphatic carbocycles. The van der Waals surface area contributed by atoms with E-state index in [0.717, 1.165) is 10.3 Å². The standard InChI is InChI=1S/C26H21N3O5/c1-32-24-14-20-21(15-25(24)33-2)28-13-12-23(20)34-19-10-8-18(9-11-19)29(26(30)31)22(16-27)17-6-4-3-5-7-17/h3-15,22H,1-2H3,(H,30,31). The highest BCUT2D eigenvalue weighted by molar-refractivity contribution is 5.89. The monoisotopic (exact) mass is 455 g/mol. The highest BCUT2D eigenvalue weighted by Crippen LogP contribution is 2.37. The van der Waals surface area contributed by atoms with E-state index >= 15 is 0 Å². The Hall–Kier alpha value is -4.77. The summed E-state index contributed by atoms with van der Waals surface area (Å²) in [6, 6.07) is 21.7. The van der Waals surface area contributed by atoms with Gasteiger partial charge < -0.3 is 19.3 Å². The van der Waals surface area contributed by atoms with Crippen LogP contribution < -0.4 is 19.1 Å². The van der Waals surface area contributed by atoms with Crippen LogP contribution in [-0.4, -0.2) is 30.4 Å². The van der Waals surface area contributed by atoms with Gasteiger partial charge in [0, 0.05) is 23.3 Å². The summed E-state index contributed by atoms with van der Waals surface area (Å²) in [6.07, 6.45) is 0.395. The van der Waals surface area contributed by atoms with E-state index in [0.29, 0.717) is 39.8 Å². The van der Waals surface area contributed by atoms with E-state index in [2.05, 4.69) is 11.1 Å². The van der Waals surface area contributed by atoms with Gasteiger partial charge >= 0.3 is 6.09 Å². The van der Waals surface area contributed by atoms with Crippen molar-refractivity contribution in [3.05, 3.63) is 84.6 Å². The predicted octanol–water partition coefficient (Wildman–Crippen LogP) is 5.79. The molecule has 4 rings (SSSR count). The number of rotatable bonds is 7. The molecule has 0 saturated heterocycles. The second kappa shape index (κ2) is 9.79. The van der Waals surface area contributed by atoms with Gasteiger partial charge in [0.25, 0.3) is 0 Å². The number of methoxy groups -OCH3 is 2. The van der Waals surface area contributed by atoms with Crippen molar-refractivity contribution < 1.29 is 24.1 Å². The Balaban J connectivity index is 1.64. The first kappa shape index (κ1) is 22.4. The highest BCUT2D eigenvalue weighted by Gasteiger charge is 2.26. The summed E-state index contributed by atoms with van der Waals surface area (Å²) in [4.78, 5) is 17.4. The van der Waals surface area contributed by atoms with Crippen molar-refractivity contribution in [2.75, 3.05) is 19.1 Å². The average Bonchev–Trinajstić information content (AvgIpc) is 2.87. The van der Waals surface area contributed by atoms with Gasteiger partial charge in [-0.2, -0.15) is 5.26 Å². The second-order valence-electron chi connectivity index (χ2n) is 7.22. The number of aromatic nitrogens is 1. The zero-order chi connectivity index (χ0) is 24.1. The third kappa shape index (κ3) is 4.40. The van der Waals surface area contributed by atoms with E-state index in [1.54, 1.807) is 87.1 Å². The van der Waals surface area contributed by atoms with Crippen LogP contribution in [0.1, 0.15) is 11.6 Å². The Kier molecular flexibility index (Phi) is 6.46. The number of benzene rings is 3. The number of hydrogen-bond acceptors (Lipinski definition) is 6. The third-order valence-electron chi connectivity index (χ3n) is 5.25. The fourth-order valence-corrected chi connectivity index (χ4v) is 3.62. The Morgan fingerprint density at radius 2 is 1.65 bits per heavy atom. The number of nitriles is 1. The lowest BCUT2D eigenvalue weighted by atomic mass is 10.1. The molecule has 1 N–H and O–H groups in total. The quantitative estimate of drug-likeness (QED) is 0.376. The summed E-state index contributed by atoms with van der Waals surface area (Å²) in [5.74, 6) is 2.14. The number of hydrogen-bond donors (Lipinski definition) is 1. The van der Waals surface area contributed by atoms with Gasteiger partial charge in [0.05, 0.1) is 25.8 Å². The zero-order valence-electron chi connectivity index (χ0n) is 18.5. The Morgan fingerprint density at radius 1 is 0.971 bits per heavy atom. The molecule has 0 radical (unpaired) electrons. The van der Waals surface area contributed by atoms with E-state index in [4.69, 9.17) is 14.2 Å². The molecule has 1 unspecified atom stereocenters. The van der Waals surface area contributed by atoms with Gasteiger partial charge in [-0.25, -0.2) is 4.79 Å². The van der Waals surface area contributed by atoms with Crippen molar-refractivity contribution in [1.29, 1.82) is 5.26 Å². The lowest BCUT2D eigenvalue weighted by molar-refractivity contribution is 0.200. The van der Waals surface area contributed by atoms with Gasteiger partial charge in [-0.05, 0) is 42.0 Å². The number of amides is 1.